The van der Waals surface area contributed by atoms with E-state index in [4.69, 9.17) is 11.6 Å². The third-order valence-electron chi connectivity index (χ3n) is 1.91. The van der Waals surface area contributed by atoms with Crippen LogP contribution in [0.3, 0.4) is 0 Å². The zero-order valence-electron chi connectivity index (χ0n) is 7.45. The summed E-state index contributed by atoms with van der Waals surface area (Å²) < 4.78 is 1.32. The number of halogens is 1. The zero-order chi connectivity index (χ0) is 10.0. The van der Waals surface area contributed by atoms with Gasteiger partial charge in [-0.3, -0.25) is 9.59 Å². The van der Waals surface area contributed by atoms with Crippen LogP contribution in [0.5, 0.6) is 0 Å². The molecule has 13 heavy (non-hydrogen) atoms. The van der Waals surface area contributed by atoms with Crippen LogP contribution in [0.1, 0.15) is 19.9 Å². The lowest BCUT2D eigenvalue weighted by atomic mass is 10.2. The van der Waals surface area contributed by atoms with Crippen molar-refractivity contribution in [2.24, 2.45) is 0 Å². The van der Waals surface area contributed by atoms with Gasteiger partial charge in [-0.1, -0.05) is 11.6 Å². The minimum absolute atomic E-state index is 0.0654. The largest absolute Gasteiger partial charge is 0.304 e. The first kappa shape index (κ1) is 9.99. The number of pyridine rings is 1. The molecule has 1 unspecified atom stereocenters. The first-order chi connectivity index (χ1) is 6.02. The first-order valence-corrected chi connectivity index (χ1v) is 4.28. The van der Waals surface area contributed by atoms with E-state index in [0.29, 0.717) is 5.02 Å². The van der Waals surface area contributed by atoms with Crippen molar-refractivity contribution in [2.45, 2.75) is 19.9 Å². The average molecular weight is 200 g/mol. The van der Waals surface area contributed by atoms with Crippen molar-refractivity contribution in [3.8, 4) is 0 Å². The molecule has 0 spiro atoms. The van der Waals surface area contributed by atoms with Gasteiger partial charge in [0.25, 0.3) is 5.56 Å². The Balaban J connectivity index is 3.21. The normalized spacial score (nSPS) is 12.5. The lowest BCUT2D eigenvalue weighted by molar-refractivity contribution is -0.119. The lowest BCUT2D eigenvalue weighted by Gasteiger charge is -2.11. The molecule has 1 rings (SSSR count). The van der Waals surface area contributed by atoms with Crippen molar-refractivity contribution in [3.05, 3.63) is 33.7 Å². The van der Waals surface area contributed by atoms with Crippen molar-refractivity contribution in [1.29, 1.82) is 0 Å². The molecule has 1 aromatic rings. The summed E-state index contributed by atoms with van der Waals surface area (Å²) in [6.45, 7) is 3.11. The van der Waals surface area contributed by atoms with Crippen LogP contribution < -0.4 is 5.56 Å². The molecule has 0 bridgehead atoms. The van der Waals surface area contributed by atoms with Crippen LogP contribution in [0.25, 0.3) is 0 Å². The predicted molar refractivity (Wildman–Crippen MR) is 51.1 cm³/mol. The maximum absolute atomic E-state index is 11.3. The van der Waals surface area contributed by atoms with Gasteiger partial charge in [-0.25, -0.2) is 0 Å². The Morgan fingerprint density at radius 2 is 2.15 bits per heavy atom. The molecule has 1 atom stereocenters. The second kappa shape index (κ2) is 3.75. The van der Waals surface area contributed by atoms with Crippen LogP contribution in [-0.4, -0.2) is 10.4 Å². The number of aromatic nitrogens is 1. The average Bonchev–Trinajstić information content (AvgIpc) is 2.08. The second-order valence-corrected chi connectivity index (χ2v) is 3.32. The minimum atomic E-state index is -0.453. The SMILES string of the molecule is CC(=O)C(C)n1cc(Cl)ccc1=O. The van der Waals surface area contributed by atoms with E-state index in [1.54, 1.807) is 6.92 Å². The van der Waals surface area contributed by atoms with Gasteiger partial charge in [-0.15, -0.1) is 0 Å². The van der Waals surface area contributed by atoms with Crippen molar-refractivity contribution in [2.75, 3.05) is 0 Å². The van der Waals surface area contributed by atoms with E-state index in [-0.39, 0.29) is 11.3 Å². The van der Waals surface area contributed by atoms with Crippen molar-refractivity contribution < 1.29 is 4.79 Å². The van der Waals surface area contributed by atoms with Gasteiger partial charge >= 0.3 is 0 Å². The van der Waals surface area contributed by atoms with Gasteiger partial charge in [0.2, 0.25) is 0 Å². The van der Waals surface area contributed by atoms with E-state index in [1.165, 1.54) is 29.8 Å². The number of hydrogen-bond acceptors (Lipinski definition) is 2. The fourth-order valence-electron chi connectivity index (χ4n) is 0.975. The number of rotatable bonds is 2. The quantitative estimate of drug-likeness (QED) is 0.727. The van der Waals surface area contributed by atoms with Gasteiger partial charge in [-0.05, 0) is 19.9 Å². The standard InChI is InChI=1S/C9H10ClNO2/c1-6(7(2)12)11-5-8(10)3-4-9(11)13/h3-6H,1-2H3. The number of nitrogens with zero attached hydrogens (tertiary/aromatic N) is 1. The van der Waals surface area contributed by atoms with E-state index < -0.39 is 6.04 Å². The van der Waals surface area contributed by atoms with Gasteiger partial charge < -0.3 is 4.57 Å². The molecular formula is C9H10ClNO2. The topological polar surface area (TPSA) is 39.1 Å². The van der Waals surface area contributed by atoms with Gasteiger partial charge in [0.05, 0.1) is 11.1 Å². The number of carbonyl (C=O) groups excluding carboxylic acids is 1. The molecular weight excluding hydrogens is 190 g/mol. The number of Topliss-reactive ketones (excluding diaryl/α,β-unsaturated/α-hetero) is 1. The molecule has 4 heteroatoms. The van der Waals surface area contributed by atoms with Crippen molar-refractivity contribution in [3.63, 3.8) is 0 Å². The van der Waals surface area contributed by atoms with Gasteiger partial charge in [0.1, 0.15) is 0 Å². The Hall–Kier alpha value is -1.09. The Morgan fingerprint density at radius 1 is 1.54 bits per heavy atom. The molecule has 1 heterocycles. The molecule has 3 nitrogen and oxygen atoms in total. The summed E-state index contributed by atoms with van der Waals surface area (Å²) in [6, 6.07) is 2.40. The van der Waals surface area contributed by atoms with Crippen LogP contribution >= 0.6 is 11.6 Å². The fraction of sp³-hybridized carbons (Fsp3) is 0.333. The van der Waals surface area contributed by atoms with Crippen LogP contribution in [-0.2, 0) is 4.79 Å². The van der Waals surface area contributed by atoms with Crippen LogP contribution in [0.2, 0.25) is 5.02 Å². The highest BCUT2D eigenvalue weighted by Gasteiger charge is 2.10. The molecule has 0 saturated heterocycles. The third-order valence-corrected chi connectivity index (χ3v) is 2.13. The molecule has 70 valence electrons. The summed E-state index contributed by atoms with van der Waals surface area (Å²) >= 11 is 5.69. The van der Waals surface area contributed by atoms with E-state index in [0.717, 1.165) is 0 Å². The highest BCUT2D eigenvalue weighted by Crippen LogP contribution is 2.08. The molecule has 0 aliphatic carbocycles. The molecule has 0 fully saturated rings. The van der Waals surface area contributed by atoms with Crippen LogP contribution in [0.4, 0.5) is 0 Å². The Morgan fingerprint density at radius 3 is 2.69 bits per heavy atom. The number of hydrogen-bond donors (Lipinski definition) is 0. The highest BCUT2D eigenvalue weighted by atomic mass is 35.5. The summed E-state index contributed by atoms with van der Waals surface area (Å²) in [4.78, 5) is 22.3. The summed E-state index contributed by atoms with van der Waals surface area (Å²) in [6.07, 6.45) is 1.47. The van der Waals surface area contributed by atoms with Crippen LogP contribution in [0.15, 0.2) is 23.1 Å². The summed E-state index contributed by atoms with van der Waals surface area (Å²) in [5.74, 6) is -0.0654. The maximum Gasteiger partial charge on any atom is 0.251 e. The van der Waals surface area contributed by atoms with Gasteiger partial charge in [-0.2, -0.15) is 0 Å². The smallest absolute Gasteiger partial charge is 0.251 e. The second-order valence-electron chi connectivity index (χ2n) is 2.88. The van der Waals surface area contributed by atoms with Crippen molar-refractivity contribution in [1.82, 2.24) is 4.57 Å². The van der Waals surface area contributed by atoms with E-state index in [1.807, 2.05) is 0 Å². The molecule has 1 aromatic heterocycles. The molecule has 0 N–H and O–H groups in total. The van der Waals surface area contributed by atoms with Gasteiger partial charge in [0, 0.05) is 12.3 Å². The van der Waals surface area contributed by atoms with E-state index in [2.05, 4.69) is 0 Å². The molecule has 0 aliphatic rings. The monoisotopic (exact) mass is 199 g/mol. The number of carbonyl (C=O) groups is 1. The highest BCUT2D eigenvalue weighted by molar-refractivity contribution is 6.30. The lowest BCUT2D eigenvalue weighted by Crippen LogP contribution is -2.25. The molecule has 0 aromatic carbocycles. The first-order valence-electron chi connectivity index (χ1n) is 3.90. The van der Waals surface area contributed by atoms with Crippen LogP contribution in [0, 0.1) is 0 Å². The summed E-state index contributed by atoms with van der Waals surface area (Å²) in [5.41, 5.74) is -0.216. The fourth-order valence-corrected chi connectivity index (χ4v) is 1.14. The molecule has 0 amide bonds. The van der Waals surface area contributed by atoms with E-state index in [9.17, 15) is 9.59 Å². The third kappa shape index (κ3) is 2.18. The van der Waals surface area contributed by atoms with E-state index >= 15 is 0 Å². The predicted octanol–water partition coefficient (Wildman–Crippen LogP) is 1.65. The Kier molecular flexibility index (Phi) is 2.88. The molecule has 0 radical (unpaired) electrons. The Bertz CT molecular complexity index is 383. The van der Waals surface area contributed by atoms with Crippen molar-refractivity contribution >= 4 is 17.4 Å². The van der Waals surface area contributed by atoms with Gasteiger partial charge in [0.15, 0.2) is 5.78 Å². The molecule has 0 saturated carbocycles. The Labute approximate surface area is 80.9 Å². The number of ketones is 1. The maximum atomic E-state index is 11.3. The summed E-state index contributed by atoms with van der Waals surface area (Å²) in [7, 11) is 0. The summed E-state index contributed by atoms with van der Waals surface area (Å²) in [5, 5.41) is 0.452. The zero-order valence-corrected chi connectivity index (χ0v) is 8.21. The minimum Gasteiger partial charge on any atom is -0.304 e. The molecule has 0 aliphatic heterocycles.